The van der Waals surface area contributed by atoms with Crippen molar-refractivity contribution in [2.45, 2.75) is 183 Å². The topological polar surface area (TPSA) is 64.6 Å². The molecule has 0 amide bonds. The Balaban J connectivity index is 3.32. The van der Waals surface area contributed by atoms with E-state index < -0.39 is 0 Å². The highest BCUT2D eigenvalue weighted by Gasteiger charge is 2.07. The van der Waals surface area contributed by atoms with Gasteiger partial charge < -0.3 is 14.8 Å². The van der Waals surface area contributed by atoms with Gasteiger partial charge in [-0.15, -0.1) is 0 Å². The van der Waals surface area contributed by atoms with E-state index in [2.05, 4.69) is 59.0 Å². The maximum absolute atomic E-state index is 11.9. The first-order chi connectivity index (χ1) is 21.7. The van der Waals surface area contributed by atoms with Crippen molar-refractivity contribution in [3.8, 4) is 0 Å². The van der Waals surface area contributed by atoms with E-state index in [4.69, 9.17) is 9.47 Å². The predicted octanol–water partition coefficient (Wildman–Crippen LogP) is 11.4. The van der Waals surface area contributed by atoms with E-state index in [0.717, 1.165) is 64.5 Å². The minimum atomic E-state index is -0.0196. The smallest absolute Gasteiger partial charge is 0.305 e. The van der Waals surface area contributed by atoms with Crippen LogP contribution in [-0.4, -0.2) is 38.2 Å². The number of hydrogen-bond donors (Lipinski definition) is 1. The Labute approximate surface area is 280 Å². The largest absolute Gasteiger partial charge is 0.466 e. The highest BCUT2D eigenvalue weighted by atomic mass is 16.5. The average Bonchev–Trinajstić information content (AvgIpc) is 2.98. The lowest BCUT2D eigenvalue weighted by Gasteiger charge is -2.10. The van der Waals surface area contributed by atoms with Crippen LogP contribution < -0.4 is 5.32 Å². The first-order valence-electron chi connectivity index (χ1n) is 19.0. The van der Waals surface area contributed by atoms with Gasteiger partial charge in [0.15, 0.2) is 0 Å². The van der Waals surface area contributed by atoms with Crippen LogP contribution in [0.5, 0.6) is 0 Å². The van der Waals surface area contributed by atoms with Gasteiger partial charge in [0.05, 0.1) is 13.2 Å². The van der Waals surface area contributed by atoms with E-state index in [9.17, 15) is 9.59 Å². The third kappa shape index (κ3) is 35.1. The molecule has 0 spiro atoms. The molecule has 0 radical (unpaired) electrons. The van der Waals surface area contributed by atoms with Crippen LogP contribution in [-0.2, 0) is 19.1 Å². The fourth-order valence-corrected chi connectivity index (χ4v) is 5.43. The van der Waals surface area contributed by atoms with Crippen molar-refractivity contribution < 1.29 is 19.1 Å². The molecule has 0 aromatic rings. The Hall–Kier alpha value is -1.62. The van der Waals surface area contributed by atoms with E-state index in [-0.39, 0.29) is 11.9 Å². The van der Waals surface area contributed by atoms with Crippen LogP contribution in [0.15, 0.2) is 23.3 Å². The van der Waals surface area contributed by atoms with Crippen LogP contribution in [0, 0.1) is 11.8 Å². The van der Waals surface area contributed by atoms with E-state index >= 15 is 0 Å². The highest BCUT2D eigenvalue weighted by Crippen LogP contribution is 2.15. The molecule has 45 heavy (non-hydrogen) atoms. The minimum absolute atomic E-state index is 0.0196. The van der Waals surface area contributed by atoms with Crippen LogP contribution in [0.3, 0.4) is 0 Å². The number of carbonyl (C=O) groups is 2. The molecular weight excluding hydrogens is 558 g/mol. The lowest BCUT2D eigenvalue weighted by Crippen LogP contribution is -2.16. The molecule has 2 unspecified atom stereocenters. The second kappa shape index (κ2) is 32.3. The summed E-state index contributed by atoms with van der Waals surface area (Å²) in [6.45, 7) is 16.4. The van der Waals surface area contributed by atoms with E-state index in [1.54, 1.807) is 0 Å². The van der Waals surface area contributed by atoms with Crippen molar-refractivity contribution in [1.82, 2.24) is 5.32 Å². The summed E-state index contributed by atoms with van der Waals surface area (Å²) in [6, 6.07) is 0. The van der Waals surface area contributed by atoms with Gasteiger partial charge in [-0.25, -0.2) is 0 Å². The number of ether oxygens (including phenoxy) is 2. The third-order valence-electron chi connectivity index (χ3n) is 8.64. The van der Waals surface area contributed by atoms with Crippen molar-refractivity contribution in [1.29, 1.82) is 0 Å². The summed E-state index contributed by atoms with van der Waals surface area (Å²) in [5.41, 5.74) is 2.75. The number of unbranched alkanes of at least 4 members (excludes halogenated alkanes) is 12. The fraction of sp³-hybridized carbons (Fsp3) is 0.850. The second-order valence-corrected chi connectivity index (χ2v) is 14.1. The molecule has 0 aliphatic rings. The van der Waals surface area contributed by atoms with Gasteiger partial charge in [-0.3, -0.25) is 9.59 Å². The Bertz CT molecular complexity index is 689. The summed E-state index contributed by atoms with van der Waals surface area (Å²) in [5.74, 6) is 1.17. The molecular formula is C40H75NO4. The van der Waals surface area contributed by atoms with Crippen molar-refractivity contribution in [3.63, 3.8) is 0 Å². The SMILES string of the molecule is CC(C)=CCCC(C)CCOC(=O)CCCCCCCCCNCCCCCCCCCC(=O)OCCC(C)CCC=C(C)C. The van der Waals surface area contributed by atoms with Gasteiger partial charge in [0, 0.05) is 12.8 Å². The van der Waals surface area contributed by atoms with Gasteiger partial charge in [-0.05, 0) is 117 Å². The Kier molecular flexibility index (Phi) is 31.2. The predicted molar refractivity (Wildman–Crippen MR) is 194 cm³/mol. The molecule has 0 aliphatic carbocycles. The standard InChI is InChI=1S/C40H75NO4/c1-35(2)23-21-25-37(5)29-33-44-39(42)27-17-13-9-7-11-15-19-31-41-32-20-16-12-8-10-14-18-28-40(43)45-34-30-38(6)26-22-24-36(3)4/h23-24,37-38,41H,7-22,25-34H2,1-6H3. The van der Waals surface area contributed by atoms with Crippen LogP contribution in [0.4, 0.5) is 0 Å². The number of rotatable bonds is 32. The number of esters is 2. The Morgan fingerprint density at radius 2 is 0.844 bits per heavy atom. The molecule has 5 heteroatoms. The molecule has 0 heterocycles. The summed E-state index contributed by atoms with van der Waals surface area (Å²) in [6.07, 6.45) is 29.1. The molecule has 0 saturated carbocycles. The zero-order valence-electron chi connectivity index (χ0n) is 30.8. The molecule has 0 bridgehead atoms. The number of nitrogens with one attached hydrogen (secondary N) is 1. The zero-order valence-corrected chi connectivity index (χ0v) is 30.8. The molecule has 0 fully saturated rings. The Morgan fingerprint density at radius 3 is 1.20 bits per heavy atom. The van der Waals surface area contributed by atoms with Crippen molar-refractivity contribution >= 4 is 11.9 Å². The van der Waals surface area contributed by atoms with E-state index in [0.29, 0.717) is 37.9 Å². The first-order valence-corrected chi connectivity index (χ1v) is 19.0. The first kappa shape index (κ1) is 43.4. The lowest BCUT2D eigenvalue weighted by atomic mass is 10.0. The van der Waals surface area contributed by atoms with Gasteiger partial charge in [0.2, 0.25) is 0 Å². The third-order valence-corrected chi connectivity index (χ3v) is 8.64. The fourth-order valence-electron chi connectivity index (χ4n) is 5.43. The van der Waals surface area contributed by atoms with Crippen molar-refractivity contribution in [3.05, 3.63) is 23.3 Å². The second-order valence-electron chi connectivity index (χ2n) is 14.1. The number of carbonyl (C=O) groups excluding carboxylic acids is 2. The maximum atomic E-state index is 11.9. The van der Waals surface area contributed by atoms with Crippen LogP contribution in [0.2, 0.25) is 0 Å². The van der Waals surface area contributed by atoms with Gasteiger partial charge in [-0.2, -0.15) is 0 Å². The number of hydrogen-bond acceptors (Lipinski definition) is 5. The molecule has 264 valence electrons. The minimum Gasteiger partial charge on any atom is -0.466 e. The zero-order chi connectivity index (χ0) is 33.4. The van der Waals surface area contributed by atoms with Crippen molar-refractivity contribution in [2.24, 2.45) is 11.8 Å². The quantitative estimate of drug-likeness (QED) is 0.0453. The molecule has 2 atom stereocenters. The van der Waals surface area contributed by atoms with Gasteiger partial charge in [-0.1, -0.05) is 101 Å². The monoisotopic (exact) mass is 634 g/mol. The summed E-state index contributed by atoms with van der Waals surface area (Å²) < 4.78 is 10.9. The molecule has 0 aromatic carbocycles. The van der Waals surface area contributed by atoms with Crippen LogP contribution in [0.1, 0.15) is 183 Å². The molecule has 1 N–H and O–H groups in total. The number of allylic oxidation sites excluding steroid dienone is 4. The summed E-state index contributed by atoms with van der Waals surface area (Å²) >= 11 is 0. The average molecular weight is 634 g/mol. The Morgan fingerprint density at radius 1 is 0.511 bits per heavy atom. The molecule has 5 nitrogen and oxygen atoms in total. The van der Waals surface area contributed by atoms with Crippen LogP contribution >= 0.6 is 0 Å². The summed E-state index contributed by atoms with van der Waals surface area (Å²) in [7, 11) is 0. The molecule has 0 rings (SSSR count). The summed E-state index contributed by atoms with van der Waals surface area (Å²) in [5, 5.41) is 3.60. The highest BCUT2D eigenvalue weighted by molar-refractivity contribution is 5.69. The van der Waals surface area contributed by atoms with Gasteiger partial charge >= 0.3 is 11.9 Å². The van der Waals surface area contributed by atoms with Gasteiger partial charge in [0.1, 0.15) is 0 Å². The van der Waals surface area contributed by atoms with E-state index in [1.165, 1.54) is 88.2 Å². The maximum Gasteiger partial charge on any atom is 0.305 e. The molecule has 0 aromatic heterocycles. The van der Waals surface area contributed by atoms with E-state index in [1.807, 2.05) is 0 Å². The normalized spacial score (nSPS) is 12.4. The summed E-state index contributed by atoms with van der Waals surface area (Å²) in [4.78, 5) is 23.9. The lowest BCUT2D eigenvalue weighted by molar-refractivity contribution is -0.145. The van der Waals surface area contributed by atoms with Gasteiger partial charge in [0.25, 0.3) is 0 Å². The molecule has 0 saturated heterocycles. The molecule has 0 aliphatic heterocycles. The van der Waals surface area contributed by atoms with Crippen LogP contribution in [0.25, 0.3) is 0 Å². The van der Waals surface area contributed by atoms with Crippen molar-refractivity contribution in [2.75, 3.05) is 26.3 Å².